The summed E-state index contributed by atoms with van der Waals surface area (Å²) in [5.74, 6) is 0. The van der Waals surface area contributed by atoms with Gasteiger partial charge in [0.05, 0.1) is 39.6 Å². The first kappa shape index (κ1) is 20.0. The topological polar surface area (TPSA) is 55.4 Å². The minimum atomic E-state index is -2.75. The van der Waals surface area contributed by atoms with E-state index in [-0.39, 0.29) is 5.54 Å². The van der Waals surface area contributed by atoms with Gasteiger partial charge in [0, 0.05) is 26.9 Å². The Bertz CT molecular complexity index is 191. The van der Waals surface area contributed by atoms with Crippen LogP contribution < -0.4 is 0 Å². The predicted molar refractivity (Wildman–Crippen MR) is 79.0 cm³/mol. The third-order valence-electron chi connectivity index (χ3n) is 2.99. The van der Waals surface area contributed by atoms with Gasteiger partial charge in [-0.25, -0.2) is 0 Å². The fourth-order valence-electron chi connectivity index (χ4n) is 1.60. The first-order valence-corrected chi connectivity index (χ1v) is 8.85. The maximum absolute atomic E-state index is 5.97. The summed E-state index contributed by atoms with van der Waals surface area (Å²) >= 11 is 0. The Morgan fingerprint density at radius 2 is 1.05 bits per heavy atom. The molecule has 0 radical (unpaired) electrons. The molecule has 0 heterocycles. The van der Waals surface area contributed by atoms with Gasteiger partial charge in [-0.3, -0.25) is 0 Å². The molecular weight excluding hydrogens is 280 g/mol. The van der Waals surface area contributed by atoms with Crippen LogP contribution in [-0.2, 0) is 27.5 Å². The van der Waals surface area contributed by atoms with Gasteiger partial charge in [0.2, 0.25) is 0 Å². The van der Waals surface area contributed by atoms with Crippen molar-refractivity contribution in [3.63, 3.8) is 0 Å². The van der Waals surface area contributed by atoms with Gasteiger partial charge in [0.1, 0.15) is 0 Å². The van der Waals surface area contributed by atoms with E-state index in [9.17, 15) is 0 Å². The van der Waals surface area contributed by atoms with Crippen molar-refractivity contribution in [2.45, 2.75) is 25.8 Å². The molecule has 0 saturated heterocycles. The van der Waals surface area contributed by atoms with Crippen LogP contribution in [0.5, 0.6) is 0 Å². The molecule has 0 bridgehead atoms. The molecule has 0 fully saturated rings. The fraction of sp³-hybridized carbons (Fsp3) is 1.00. The molecule has 6 nitrogen and oxygen atoms in total. The lowest BCUT2D eigenvalue weighted by Gasteiger charge is -2.33. The van der Waals surface area contributed by atoms with Gasteiger partial charge in [-0.2, -0.15) is 0 Å². The second-order valence-electron chi connectivity index (χ2n) is 4.44. The van der Waals surface area contributed by atoms with Crippen molar-refractivity contribution in [1.29, 1.82) is 0 Å². The molecule has 0 aromatic heterocycles. The van der Waals surface area contributed by atoms with Gasteiger partial charge < -0.3 is 27.5 Å². The summed E-state index contributed by atoms with van der Waals surface area (Å²) in [6.45, 7) is 7.16. The quantitative estimate of drug-likeness (QED) is 0.360. The summed E-state index contributed by atoms with van der Waals surface area (Å²) in [7, 11) is 2.19. The third-order valence-corrected chi connectivity index (χ3v) is 6.42. The third kappa shape index (κ3) is 7.68. The second-order valence-corrected chi connectivity index (χ2v) is 7.50. The summed E-state index contributed by atoms with van der Waals surface area (Å²) in [5.41, 5.74) is 0.216. The van der Waals surface area contributed by atoms with E-state index in [0.717, 1.165) is 6.42 Å². The van der Waals surface area contributed by atoms with Crippen LogP contribution in [0.4, 0.5) is 0 Å². The van der Waals surface area contributed by atoms with E-state index in [2.05, 4.69) is 13.8 Å². The number of hydrogen-bond donors (Lipinski definition) is 0. The monoisotopic (exact) mass is 310 g/mol. The summed E-state index contributed by atoms with van der Waals surface area (Å²) < 4.78 is 33.0. The molecular formula is C13H30O6Si. The van der Waals surface area contributed by atoms with Gasteiger partial charge in [-0.05, 0) is 6.42 Å². The van der Waals surface area contributed by atoms with Gasteiger partial charge in [-0.15, -0.1) is 0 Å². The lowest BCUT2D eigenvalue weighted by atomic mass is 10.4. The zero-order chi connectivity index (χ0) is 15.3. The van der Waals surface area contributed by atoms with E-state index in [1.54, 1.807) is 21.3 Å². The van der Waals surface area contributed by atoms with Gasteiger partial charge in [0.25, 0.3) is 0 Å². The largest absolute Gasteiger partial charge is 0.504 e. The van der Waals surface area contributed by atoms with E-state index in [1.165, 1.54) is 0 Å². The molecule has 0 aliphatic carbocycles. The molecule has 0 rings (SSSR count). The van der Waals surface area contributed by atoms with Gasteiger partial charge in [0.15, 0.2) is 0 Å². The average Bonchev–Trinajstić information content (AvgIpc) is 2.46. The van der Waals surface area contributed by atoms with Crippen molar-refractivity contribution < 1.29 is 27.5 Å². The minimum absolute atomic E-state index is 0.216. The molecule has 0 aromatic rings. The fourth-order valence-corrected chi connectivity index (χ4v) is 4.31. The van der Waals surface area contributed by atoms with Crippen LogP contribution in [0, 0.1) is 0 Å². The molecule has 0 aliphatic heterocycles. The second kappa shape index (κ2) is 12.7. The highest BCUT2D eigenvalue weighted by Crippen LogP contribution is 2.28. The van der Waals surface area contributed by atoms with Crippen molar-refractivity contribution in [2.24, 2.45) is 0 Å². The predicted octanol–water partition coefficient (Wildman–Crippen LogP) is 1.71. The first-order valence-electron chi connectivity index (χ1n) is 7.05. The van der Waals surface area contributed by atoms with E-state index in [4.69, 9.17) is 27.5 Å². The number of ether oxygens (including phenoxy) is 3. The number of hydrogen-bond acceptors (Lipinski definition) is 6. The van der Waals surface area contributed by atoms with Crippen LogP contribution in [-0.4, -0.2) is 69.8 Å². The van der Waals surface area contributed by atoms with Crippen LogP contribution in [0.2, 0.25) is 5.54 Å². The Balaban J connectivity index is 4.66. The van der Waals surface area contributed by atoms with Crippen molar-refractivity contribution in [3.05, 3.63) is 0 Å². The van der Waals surface area contributed by atoms with E-state index in [0.29, 0.717) is 39.6 Å². The van der Waals surface area contributed by atoms with E-state index in [1.807, 2.05) is 0 Å². The highest BCUT2D eigenvalue weighted by atomic mass is 28.4. The molecule has 0 saturated carbocycles. The minimum Gasteiger partial charge on any atom is -0.382 e. The SMILES string of the molecule is CCC(C)[Si](OCCOC)(OCCOC)OCCOC. The van der Waals surface area contributed by atoms with Crippen molar-refractivity contribution >= 4 is 8.80 Å². The van der Waals surface area contributed by atoms with Gasteiger partial charge in [-0.1, -0.05) is 13.8 Å². The smallest absolute Gasteiger partial charge is 0.382 e. The molecule has 0 spiro atoms. The molecule has 122 valence electrons. The number of methoxy groups -OCH3 is 3. The maximum Gasteiger partial charge on any atom is 0.504 e. The maximum atomic E-state index is 5.97. The van der Waals surface area contributed by atoms with Crippen LogP contribution in [0.1, 0.15) is 20.3 Å². The van der Waals surface area contributed by atoms with Crippen molar-refractivity contribution in [1.82, 2.24) is 0 Å². The molecule has 1 atom stereocenters. The molecule has 0 amide bonds. The van der Waals surface area contributed by atoms with Crippen LogP contribution in [0.15, 0.2) is 0 Å². The highest BCUT2D eigenvalue weighted by molar-refractivity contribution is 6.62. The van der Waals surface area contributed by atoms with Gasteiger partial charge >= 0.3 is 8.80 Å². The summed E-state index contributed by atoms with van der Waals surface area (Å²) in [6.07, 6.45) is 0.930. The van der Waals surface area contributed by atoms with E-state index >= 15 is 0 Å². The van der Waals surface area contributed by atoms with E-state index < -0.39 is 8.80 Å². The lowest BCUT2D eigenvalue weighted by molar-refractivity contribution is 0.00858. The first-order chi connectivity index (χ1) is 9.66. The summed E-state index contributed by atoms with van der Waals surface area (Å²) in [5, 5.41) is 0. The standard InChI is InChI=1S/C13H30O6Si/c1-6-13(2)20(17-10-7-14-3,18-11-8-15-4)19-12-9-16-5/h13H,6-12H2,1-5H3. The Kier molecular flexibility index (Phi) is 12.7. The Morgan fingerprint density at radius 3 is 1.30 bits per heavy atom. The lowest BCUT2D eigenvalue weighted by Crippen LogP contribution is -2.51. The Labute approximate surface area is 124 Å². The van der Waals surface area contributed by atoms with Crippen LogP contribution >= 0.6 is 0 Å². The summed E-state index contributed by atoms with van der Waals surface area (Å²) in [6, 6.07) is 0. The molecule has 0 aromatic carbocycles. The van der Waals surface area contributed by atoms with Crippen molar-refractivity contribution in [2.75, 3.05) is 61.0 Å². The molecule has 0 aliphatic rings. The number of rotatable bonds is 14. The Morgan fingerprint density at radius 1 is 0.700 bits per heavy atom. The summed E-state index contributed by atoms with van der Waals surface area (Å²) in [4.78, 5) is 0. The Hall–Kier alpha value is -0.0231. The molecule has 20 heavy (non-hydrogen) atoms. The zero-order valence-electron chi connectivity index (χ0n) is 13.5. The normalized spacial score (nSPS) is 13.7. The zero-order valence-corrected chi connectivity index (χ0v) is 14.5. The van der Waals surface area contributed by atoms with Crippen molar-refractivity contribution in [3.8, 4) is 0 Å². The average molecular weight is 310 g/mol. The molecule has 0 N–H and O–H groups in total. The molecule has 1 unspecified atom stereocenters. The highest BCUT2D eigenvalue weighted by Gasteiger charge is 2.46. The van der Waals surface area contributed by atoms with Crippen LogP contribution in [0.25, 0.3) is 0 Å². The van der Waals surface area contributed by atoms with Crippen LogP contribution in [0.3, 0.4) is 0 Å². The molecule has 7 heteroatoms.